The molecule has 0 amide bonds. The van der Waals surface area contributed by atoms with Gasteiger partial charge in [0.15, 0.2) is 0 Å². The van der Waals surface area contributed by atoms with E-state index in [1.807, 2.05) is 0 Å². The predicted octanol–water partition coefficient (Wildman–Crippen LogP) is 3.11. The van der Waals surface area contributed by atoms with Crippen molar-refractivity contribution in [3.63, 3.8) is 0 Å². The first-order valence-corrected chi connectivity index (χ1v) is 5.53. The van der Waals surface area contributed by atoms with Crippen LogP contribution in [0, 0.1) is 11.3 Å². The van der Waals surface area contributed by atoms with Gasteiger partial charge >= 0.3 is 0 Å². The van der Waals surface area contributed by atoms with E-state index in [1.54, 1.807) is 0 Å². The first-order valence-electron chi connectivity index (χ1n) is 5.53. The second-order valence-corrected chi connectivity index (χ2v) is 4.62. The SMILES string of the molecule is C=C(CN)C1(CC)CCC(C)CC1. The molecule has 76 valence electrons. The fourth-order valence-corrected chi connectivity index (χ4v) is 2.49. The molecule has 0 spiro atoms. The summed E-state index contributed by atoms with van der Waals surface area (Å²) >= 11 is 0. The molecule has 0 aromatic rings. The summed E-state index contributed by atoms with van der Waals surface area (Å²) in [6, 6.07) is 0. The van der Waals surface area contributed by atoms with Crippen molar-refractivity contribution in [2.24, 2.45) is 17.1 Å². The highest BCUT2D eigenvalue weighted by atomic mass is 14.6. The summed E-state index contributed by atoms with van der Waals surface area (Å²) in [7, 11) is 0. The maximum absolute atomic E-state index is 5.70. The van der Waals surface area contributed by atoms with Crippen LogP contribution in [0.4, 0.5) is 0 Å². The molecule has 0 radical (unpaired) electrons. The lowest BCUT2D eigenvalue weighted by Gasteiger charge is -2.40. The monoisotopic (exact) mass is 181 g/mol. The third-order valence-corrected chi connectivity index (χ3v) is 3.90. The van der Waals surface area contributed by atoms with Crippen LogP contribution in [0.2, 0.25) is 0 Å². The van der Waals surface area contributed by atoms with Gasteiger partial charge in [-0.1, -0.05) is 26.0 Å². The van der Waals surface area contributed by atoms with Gasteiger partial charge in [0.25, 0.3) is 0 Å². The van der Waals surface area contributed by atoms with Crippen LogP contribution in [0.15, 0.2) is 12.2 Å². The largest absolute Gasteiger partial charge is 0.327 e. The Morgan fingerprint density at radius 1 is 1.46 bits per heavy atom. The topological polar surface area (TPSA) is 26.0 Å². The van der Waals surface area contributed by atoms with Crippen molar-refractivity contribution in [3.8, 4) is 0 Å². The van der Waals surface area contributed by atoms with E-state index >= 15 is 0 Å². The van der Waals surface area contributed by atoms with Crippen LogP contribution in [0.3, 0.4) is 0 Å². The van der Waals surface area contributed by atoms with E-state index in [1.165, 1.54) is 37.7 Å². The van der Waals surface area contributed by atoms with Crippen LogP contribution in [0.1, 0.15) is 46.0 Å². The summed E-state index contributed by atoms with van der Waals surface area (Å²) in [6.45, 7) is 9.44. The molecule has 1 heteroatoms. The first-order chi connectivity index (χ1) is 6.14. The molecule has 0 aromatic carbocycles. The molecule has 1 saturated carbocycles. The Labute approximate surface area is 82.4 Å². The summed E-state index contributed by atoms with van der Waals surface area (Å²) in [5.74, 6) is 0.908. The van der Waals surface area contributed by atoms with E-state index in [4.69, 9.17) is 5.73 Å². The summed E-state index contributed by atoms with van der Waals surface area (Å²) in [4.78, 5) is 0. The zero-order valence-electron chi connectivity index (χ0n) is 9.10. The summed E-state index contributed by atoms with van der Waals surface area (Å²) < 4.78 is 0. The van der Waals surface area contributed by atoms with Crippen LogP contribution >= 0.6 is 0 Å². The fourth-order valence-electron chi connectivity index (χ4n) is 2.49. The lowest BCUT2D eigenvalue weighted by Crippen LogP contribution is -2.31. The Morgan fingerprint density at radius 2 is 2.00 bits per heavy atom. The van der Waals surface area contributed by atoms with E-state index < -0.39 is 0 Å². The van der Waals surface area contributed by atoms with E-state index in [0.29, 0.717) is 12.0 Å². The number of rotatable bonds is 3. The van der Waals surface area contributed by atoms with Crippen molar-refractivity contribution < 1.29 is 0 Å². The lowest BCUT2D eigenvalue weighted by molar-refractivity contribution is 0.189. The van der Waals surface area contributed by atoms with Crippen molar-refractivity contribution >= 4 is 0 Å². The Bertz CT molecular complexity index is 176. The second-order valence-electron chi connectivity index (χ2n) is 4.62. The van der Waals surface area contributed by atoms with Gasteiger partial charge in [-0.05, 0) is 43.4 Å². The fraction of sp³-hybridized carbons (Fsp3) is 0.833. The maximum atomic E-state index is 5.70. The van der Waals surface area contributed by atoms with Crippen LogP contribution in [0.25, 0.3) is 0 Å². The quantitative estimate of drug-likeness (QED) is 0.665. The lowest BCUT2D eigenvalue weighted by atomic mass is 9.65. The van der Waals surface area contributed by atoms with Crippen LogP contribution < -0.4 is 5.73 Å². The van der Waals surface area contributed by atoms with E-state index in [9.17, 15) is 0 Å². The number of nitrogens with two attached hydrogens (primary N) is 1. The molecule has 0 heterocycles. The van der Waals surface area contributed by atoms with Gasteiger partial charge in [0.2, 0.25) is 0 Å². The molecule has 2 N–H and O–H groups in total. The molecule has 0 bridgehead atoms. The van der Waals surface area contributed by atoms with Gasteiger partial charge in [-0.3, -0.25) is 0 Å². The van der Waals surface area contributed by atoms with E-state index in [-0.39, 0.29) is 0 Å². The van der Waals surface area contributed by atoms with Crippen molar-refractivity contribution in [1.29, 1.82) is 0 Å². The van der Waals surface area contributed by atoms with Crippen molar-refractivity contribution in [1.82, 2.24) is 0 Å². The molecular formula is C12H23N. The highest BCUT2D eigenvalue weighted by molar-refractivity contribution is 5.12. The zero-order chi connectivity index (χ0) is 9.90. The first kappa shape index (κ1) is 10.8. The van der Waals surface area contributed by atoms with Gasteiger partial charge < -0.3 is 5.73 Å². The average Bonchev–Trinajstić information content (AvgIpc) is 2.18. The molecule has 0 saturated heterocycles. The van der Waals surface area contributed by atoms with Gasteiger partial charge in [-0.2, -0.15) is 0 Å². The van der Waals surface area contributed by atoms with Gasteiger partial charge in [-0.15, -0.1) is 0 Å². The summed E-state index contributed by atoms with van der Waals surface area (Å²) in [5, 5.41) is 0. The Morgan fingerprint density at radius 3 is 2.38 bits per heavy atom. The molecule has 1 rings (SSSR count). The van der Waals surface area contributed by atoms with Gasteiger partial charge in [-0.25, -0.2) is 0 Å². The van der Waals surface area contributed by atoms with Crippen LogP contribution in [0.5, 0.6) is 0 Å². The molecule has 13 heavy (non-hydrogen) atoms. The zero-order valence-corrected chi connectivity index (χ0v) is 9.10. The molecule has 0 aromatic heterocycles. The average molecular weight is 181 g/mol. The molecule has 1 aliphatic carbocycles. The normalized spacial score (nSPS) is 34.5. The van der Waals surface area contributed by atoms with E-state index in [2.05, 4.69) is 20.4 Å². The third-order valence-electron chi connectivity index (χ3n) is 3.90. The van der Waals surface area contributed by atoms with Gasteiger partial charge in [0.05, 0.1) is 0 Å². The second kappa shape index (κ2) is 4.28. The Balaban J connectivity index is 2.65. The van der Waals surface area contributed by atoms with Crippen molar-refractivity contribution in [2.75, 3.05) is 6.54 Å². The van der Waals surface area contributed by atoms with Crippen LogP contribution in [-0.2, 0) is 0 Å². The van der Waals surface area contributed by atoms with Gasteiger partial charge in [0.1, 0.15) is 0 Å². The molecule has 1 nitrogen and oxygen atoms in total. The molecule has 0 aliphatic heterocycles. The molecule has 0 atom stereocenters. The Kier molecular flexibility index (Phi) is 3.55. The minimum Gasteiger partial charge on any atom is -0.327 e. The summed E-state index contributed by atoms with van der Waals surface area (Å²) in [6.07, 6.45) is 6.54. The minimum absolute atomic E-state index is 0.390. The molecule has 1 fully saturated rings. The predicted molar refractivity (Wildman–Crippen MR) is 58.6 cm³/mol. The summed E-state index contributed by atoms with van der Waals surface area (Å²) in [5.41, 5.74) is 7.37. The molecule has 1 aliphatic rings. The van der Waals surface area contributed by atoms with Crippen molar-refractivity contribution in [2.45, 2.75) is 46.0 Å². The highest BCUT2D eigenvalue weighted by Crippen LogP contribution is 2.45. The van der Waals surface area contributed by atoms with Gasteiger partial charge in [0, 0.05) is 6.54 Å². The van der Waals surface area contributed by atoms with E-state index in [0.717, 1.165) is 5.92 Å². The minimum atomic E-state index is 0.390. The van der Waals surface area contributed by atoms with Crippen LogP contribution in [-0.4, -0.2) is 6.54 Å². The smallest absolute Gasteiger partial charge is 0.0139 e. The number of hydrogen-bond acceptors (Lipinski definition) is 1. The molecule has 0 unspecified atom stereocenters. The maximum Gasteiger partial charge on any atom is 0.0139 e. The third kappa shape index (κ3) is 2.14. The molecular weight excluding hydrogens is 158 g/mol. The highest BCUT2D eigenvalue weighted by Gasteiger charge is 2.34. The standard InChI is InChI=1S/C12H23N/c1-4-12(11(3)9-13)7-5-10(2)6-8-12/h10H,3-9,13H2,1-2H3. The Hall–Kier alpha value is -0.300. The van der Waals surface area contributed by atoms with Crippen molar-refractivity contribution in [3.05, 3.63) is 12.2 Å². The number of hydrogen-bond donors (Lipinski definition) is 1.